The molecule has 0 aliphatic heterocycles. The third-order valence-corrected chi connectivity index (χ3v) is 4.61. The number of fused-ring (bicyclic) bond motifs is 2. The molecule has 0 saturated carbocycles. The Morgan fingerprint density at radius 3 is 2.93 bits per heavy atom. The third-order valence-electron chi connectivity index (χ3n) is 4.61. The zero-order valence-corrected chi connectivity index (χ0v) is 16.6. The van der Waals surface area contributed by atoms with Gasteiger partial charge in [-0.3, -0.25) is 0 Å². The Kier molecular flexibility index (Phi) is 5.32. The molecular weight excluding hydrogens is 372 g/mol. The molecule has 4 aromatic heterocycles. The highest BCUT2D eigenvalue weighted by Gasteiger charge is 2.21. The SMILES string of the molecule is COC[C@@H](O)COc1cn2ncnc(Nc3cnc4[nH]ccc4c3)c2c1C(C)C. The minimum Gasteiger partial charge on any atom is -0.489 e. The molecule has 0 saturated heterocycles. The highest BCUT2D eigenvalue weighted by atomic mass is 16.5. The second kappa shape index (κ2) is 8.06. The summed E-state index contributed by atoms with van der Waals surface area (Å²) in [6.45, 7) is 4.51. The van der Waals surface area contributed by atoms with E-state index < -0.39 is 6.10 Å². The second-order valence-electron chi connectivity index (χ2n) is 7.15. The molecule has 0 aliphatic carbocycles. The third kappa shape index (κ3) is 3.87. The Morgan fingerprint density at radius 2 is 2.14 bits per heavy atom. The lowest BCUT2D eigenvalue weighted by Gasteiger charge is -2.14. The Morgan fingerprint density at radius 1 is 1.28 bits per heavy atom. The van der Waals surface area contributed by atoms with Crippen molar-refractivity contribution in [2.75, 3.05) is 25.6 Å². The van der Waals surface area contributed by atoms with E-state index in [9.17, 15) is 5.11 Å². The van der Waals surface area contributed by atoms with Gasteiger partial charge in [0.1, 0.15) is 36.0 Å². The van der Waals surface area contributed by atoms with Gasteiger partial charge in [0.15, 0.2) is 5.82 Å². The molecule has 0 aromatic carbocycles. The number of H-pyrrole nitrogens is 1. The fourth-order valence-electron chi connectivity index (χ4n) is 3.35. The smallest absolute Gasteiger partial charge is 0.158 e. The zero-order chi connectivity index (χ0) is 20.4. The number of ether oxygens (including phenoxy) is 2. The van der Waals surface area contributed by atoms with E-state index in [1.54, 1.807) is 17.8 Å². The highest BCUT2D eigenvalue weighted by Crippen LogP contribution is 2.36. The van der Waals surface area contributed by atoms with E-state index in [2.05, 4.69) is 39.2 Å². The van der Waals surface area contributed by atoms with Crippen molar-refractivity contribution >= 4 is 28.1 Å². The van der Waals surface area contributed by atoms with Crippen molar-refractivity contribution in [3.8, 4) is 5.75 Å². The summed E-state index contributed by atoms with van der Waals surface area (Å²) in [5.74, 6) is 1.48. The number of aliphatic hydroxyl groups excluding tert-OH is 1. The van der Waals surface area contributed by atoms with Gasteiger partial charge in [-0.25, -0.2) is 14.5 Å². The summed E-state index contributed by atoms with van der Waals surface area (Å²) in [5, 5.41) is 18.6. The summed E-state index contributed by atoms with van der Waals surface area (Å²) in [4.78, 5) is 11.9. The number of nitrogens with one attached hydrogen (secondary N) is 2. The first kappa shape index (κ1) is 19.2. The van der Waals surface area contributed by atoms with Crippen molar-refractivity contribution in [3.05, 3.63) is 42.6 Å². The van der Waals surface area contributed by atoms with Gasteiger partial charge in [-0.05, 0) is 18.1 Å². The first-order valence-corrected chi connectivity index (χ1v) is 9.43. The number of methoxy groups -OCH3 is 1. The summed E-state index contributed by atoms with van der Waals surface area (Å²) in [7, 11) is 1.54. The summed E-state index contributed by atoms with van der Waals surface area (Å²) in [6, 6.07) is 3.98. The molecule has 0 spiro atoms. The quantitative estimate of drug-likeness (QED) is 0.420. The largest absolute Gasteiger partial charge is 0.489 e. The van der Waals surface area contributed by atoms with Crippen molar-refractivity contribution in [1.29, 1.82) is 0 Å². The van der Waals surface area contributed by atoms with Gasteiger partial charge < -0.3 is 24.9 Å². The van der Waals surface area contributed by atoms with E-state index in [0.29, 0.717) is 11.6 Å². The topological polar surface area (TPSA) is 110 Å². The summed E-state index contributed by atoms with van der Waals surface area (Å²) in [6.07, 6.45) is 6.21. The lowest BCUT2D eigenvalue weighted by atomic mass is 10.0. The van der Waals surface area contributed by atoms with E-state index in [1.807, 2.05) is 24.5 Å². The van der Waals surface area contributed by atoms with Crippen LogP contribution in [0.3, 0.4) is 0 Å². The monoisotopic (exact) mass is 396 g/mol. The van der Waals surface area contributed by atoms with Crippen LogP contribution in [0.5, 0.6) is 5.75 Å². The van der Waals surface area contributed by atoms with Crippen molar-refractivity contribution in [3.63, 3.8) is 0 Å². The Bertz CT molecular complexity index is 1120. The number of aromatic amines is 1. The maximum Gasteiger partial charge on any atom is 0.158 e. The predicted octanol–water partition coefficient (Wildman–Crippen LogP) is 2.86. The summed E-state index contributed by atoms with van der Waals surface area (Å²) in [5.41, 5.74) is 3.45. The summed E-state index contributed by atoms with van der Waals surface area (Å²) >= 11 is 0. The molecule has 4 rings (SSSR count). The molecule has 9 heteroatoms. The van der Waals surface area contributed by atoms with E-state index in [4.69, 9.17) is 9.47 Å². The Labute approximate surface area is 167 Å². The van der Waals surface area contributed by atoms with Crippen LogP contribution in [0.1, 0.15) is 25.3 Å². The van der Waals surface area contributed by atoms with Crippen LogP contribution in [0, 0.1) is 0 Å². The normalized spacial score (nSPS) is 12.7. The van der Waals surface area contributed by atoms with Crippen LogP contribution in [0.25, 0.3) is 16.6 Å². The van der Waals surface area contributed by atoms with Gasteiger partial charge in [0.05, 0.1) is 24.7 Å². The predicted molar refractivity (Wildman–Crippen MR) is 110 cm³/mol. The average molecular weight is 396 g/mol. The molecule has 0 fully saturated rings. The molecule has 1 atom stereocenters. The van der Waals surface area contributed by atoms with Crippen molar-refractivity contribution in [1.82, 2.24) is 24.6 Å². The fourth-order valence-corrected chi connectivity index (χ4v) is 3.35. The fraction of sp³-hybridized carbons (Fsp3) is 0.350. The molecule has 4 aromatic rings. The number of rotatable bonds is 8. The van der Waals surface area contributed by atoms with Gasteiger partial charge in [0.2, 0.25) is 0 Å². The van der Waals surface area contributed by atoms with Gasteiger partial charge in [-0.15, -0.1) is 0 Å². The van der Waals surface area contributed by atoms with Crippen LogP contribution < -0.4 is 10.1 Å². The van der Waals surface area contributed by atoms with Crippen LogP contribution in [-0.2, 0) is 4.74 Å². The molecule has 0 radical (unpaired) electrons. The molecule has 9 nitrogen and oxygen atoms in total. The van der Waals surface area contributed by atoms with Gasteiger partial charge in [0.25, 0.3) is 0 Å². The van der Waals surface area contributed by atoms with E-state index in [-0.39, 0.29) is 19.1 Å². The van der Waals surface area contributed by atoms with E-state index >= 15 is 0 Å². The average Bonchev–Trinajstić information content (AvgIpc) is 3.30. The van der Waals surface area contributed by atoms with Crippen LogP contribution in [0.15, 0.2) is 37.1 Å². The molecule has 0 amide bonds. The van der Waals surface area contributed by atoms with Crippen molar-refractivity contribution < 1.29 is 14.6 Å². The minimum atomic E-state index is -0.703. The van der Waals surface area contributed by atoms with Gasteiger partial charge in [-0.2, -0.15) is 5.10 Å². The lowest BCUT2D eigenvalue weighted by molar-refractivity contribution is 0.0323. The van der Waals surface area contributed by atoms with Crippen LogP contribution in [-0.4, -0.2) is 56.1 Å². The number of anilines is 2. The number of nitrogens with zero attached hydrogens (tertiary/aromatic N) is 4. The van der Waals surface area contributed by atoms with Gasteiger partial charge >= 0.3 is 0 Å². The lowest BCUT2D eigenvalue weighted by Crippen LogP contribution is -2.22. The maximum atomic E-state index is 9.93. The zero-order valence-electron chi connectivity index (χ0n) is 16.6. The molecule has 29 heavy (non-hydrogen) atoms. The maximum absolute atomic E-state index is 9.93. The molecule has 152 valence electrons. The van der Waals surface area contributed by atoms with Crippen molar-refractivity contribution in [2.45, 2.75) is 25.9 Å². The highest BCUT2D eigenvalue weighted by molar-refractivity contribution is 5.83. The molecule has 4 heterocycles. The first-order valence-electron chi connectivity index (χ1n) is 9.43. The Hall–Kier alpha value is -3.17. The number of hydrogen-bond acceptors (Lipinski definition) is 7. The summed E-state index contributed by atoms with van der Waals surface area (Å²) < 4.78 is 12.6. The second-order valence-corrected chi connectivity index (χ2v) is 7.15. The van der Waals surface area contributed by atoms with Crippen molar-refractivity contribution in [2.24, 2.45) is 0 Å². The van der Waals surface area contributed by atoms with Crippen LogP contribution in [0.2, 0.25) is 0 Å². The molecular formula is C20H24N6O3. The van der Waals surface area contributed by atoms with Crippen LogP contribution >= 0.6 is 0 Å². The van der Waals surface area contributed by atoms with Crippen LogP contribution in [0.4, 0.5) is 11.5 Å². The number of aliphatic hydroxyl groups is 1. The number of aromatic nitrogens is 5. The van der Waals surface area contributed by atoms with E-state index in [0.717, 1.165) is 27.8 Å². The van der Waals surface area contributed by atoms with Gasteiger partial charge in [-0.1, -0.05) is 13.8 Å². The first-order chi connectivity index (χ1) is 14.1. The molecule has 3 N–H and O–H groups in total. The molecule has 0 bridgehead atoms. The number of hydrogen-bond donors (Lipinski definition) is 3. The Balaban J connectivity index is 1.70. The van der Waals surface area contributed by atoms with Gasteiger partial charge in [0, 0.05) is 24.3 Å². The van der Waals surface area contributed by atoms with E-state index in [1.165, 1.54) is 6.33 Å². The molecule has 0 aliphatic rings. The minimum absolute atomic E-state index is 0.134. The molecule has 0 unspecified atom stereocenters. The standard InChI is InChI=1S/C20H24N6O3/c1-12(2)17-16(29-10-15(27)9-28-3)8-26-18(17)20(23-11-24-26)25-14-6-13-4-5-21-19(13)22-7-14/h4-8,11-12,15,27H,9-10H2,1-3H3,(H,21,22)(H,23,24,25)/t15-/m1/s1. The number of pyridine rings is 1.